The number of carbonyl (C=O) groups is 1. The third-order valence-electron chi connectivity index (χ3n) is 3.72. The summed E-state index contributed by atoms with van der Waals surface area (Å²) in [6.45, 7) is 3.99. The van der Waals surface area contributed by atoms with Crippen molar-refractivity contribution in [2.75, 3.05) is 6.54 Å². The van der Waals surface area contributed by atoms with Gasteiger partial charge in [-0.3, -0.25) is 9.20 Å². The number of aromatic nitrogens is 2. The zero-order valence-corrected chi connectivity index (χ0v) is 14.2. The van der Waals surface area contributed by atoms with Crippen molar-refractivity contribution in [3.05, 3.63) is 66.1 Å². The van der Waals surface area contributed by atoms with Gasteiger partial charge in [-0.05, 0) is 43.7 Å². The third-order valence-corrected chi connectivity index (χ3v) is 3.72. The topological polar surface area (TPSA) is 75.9 Å². The Morgan fingerprint density at radius 1 is 1.28 bits per heavy atom. The van der Waals surface area contributed by atoms with E-state index in [0.29, 0.717) is 22.7 Å². The summed E-state index contributed by atoms with van der Waals surface area (Å²) < 4.78 is 7.33. The number of hydrogen-bond donors (Lipinski definition) is 2. The number of nitrogens with zero attached hydrogens (tertiary/aromatic N) is 2. The summed E-state index contributed by atoms with van der Waals surface area (Å²) in [5, 5.41) is 13.1. The van der Waals surface area contributed by atoms with Crippen molar-refractivity contribution in [1.82, 2.24) is 14.7 Å². The fourth-order valence-corrected chi connectivity index (χ4v) is 2.57. The Balaban J connectivity index is 1.66. The lowest BCUT2D eigenvalue weighted by molar-refractivity contribution is 0.0910. The van der Waals surface area contributed by atoms with E-state index in [1.54, 1.807) is 22.7 Å². The number of aliphatic hydroxyl groups is 1. The van der Waals surface area contributed by atoms with Crippen LogP contribution in [0.25, 0.3) is 5.65 Å². The molecule has 25 heavy (non-hydrogen) atoms. The molecule has 1 atom stereocenters. The van der Waals surface area contributed by atoms with Crippen LogP contribution in [0.5, 0.6) is 5.75 Å². The lowest BCUT2D eigenvalue weighted by Crippen LogP contribution is -2.29. The number of pyridine rings is 1. The molecule has 0 aliphatic rings. The van der Waals surface area contributed by atoms with Gasteiger partial charge in [0.15, 0.2) is 0 Å². The maximum atomic E-state index is 12.4. The highest BCUT2D eigenvalue weighted by Gasteiger charge is 2.15. The van der Waals surface area contributed by atoms with Crippen LogP contribution in [0.1, 0.15) is 36.0 Å². The molecule has 6 heteroatoms. The summed E-state index contributed by atoms with van der Waals surface area (Å²) in [6.07, 6.45) is 2.54. The molecule has 0 radical (unpaired) electrons. The summed E-state index contributed by atoms with van der Waals surface area (Å²) >= 11 is 0. The first-order valence-corrected chi connectivity index (χ1v) is 8.19. The smallest absolute Gasteiger partial charge is 0.270 e. The molecule has 1 aromatic carbocycles. The number of amides is 1. The van der Waals surface area contributed by atoms with Crippen LogP contribution < -0.4 is 10.1 Å². The number of rotatable bonds is 6. The second-order valence-electron chi connectivity index (χ2n) is 6.04. The molecular weight excluding hydrogens is 318 g/mol. The Hall–Kier alpha value is -2.86. The van der Waals surface area contributed by atoms with Crippen molar-refractivity contribution in [3.8, 4) is 5.75 Å². The molecule has 0 aliphatic carbocycles. The Morgan fingerprint density at radius 3 is 2.92 bits per heavy atom. The second kappa shape index (κ2) is 7.36. The Labute approximate surface area is 146 Å². The van der Waals surface area contributed by atoms with E-state index in [2.05, 4.69) is 10.3 Å². The van der Waals surface area contributed by atoms with Crippen molar-refractivity contribution >= 4 is 11.6 Å². The molecule has 0 fully saturated rings. The standard InChI is InChI=1S/C19H21N3O3/c1-13(2)25-15-7-5-6-14(10-15)17(23)12-21-19(24)16-11-20-18-8-3-4-9-22(16)18/h3-11,13,17,23H,12H2,1-2H3,(H,21,24). The minimum absolute atomic E-state index is 0.0576. The van der Waals surface area contributed by atoms with E-state index in [-0.39, 0.29) is 18.6 Å². The molecule has 6 nitrogen and oxygen atoms in total. The van der Waals surface area contributed by atoms with Gasteiger partial charge in [0.1, 0.15) is 17.1 Å². The lowest BCUT2D eigenvalue weighted by atomic mass is 10.1. The maximum absolute atomic E-state index is 12.4. The SMILES string of the molecule is CC(C)Oc1cccc(C(O)CNC(=O)c2cnc3ccccn23)c1. The predicted molar refractivity (Wildman–Crippen MR) is 94.7 cm³/mol. The van der Waals surface area contributed by atoms with E-state index < -0.39 is 6.10 Å². The lowest BCUT2D eigenvalue weighted by Gasteiger charge is -2.15. The number of ether oxygens (including phenoxy) is 1. The molecular formula is C19H21N3O3. The summed E-state index contributed by atoms with van der Waals surface area (Å²) in [7, 11) is 0. The molecule has 1 amide bonds. The summed E-state index contributed by atoms with van der Waals surface area (Å²) in [5.74, 6) is 0.409. The fourth-order valence-electron chi connectivity index (χ4n) is 2.57. The molecule has 0 saturated carbocycles. The first kappa shape index (κ1) is 17.0. The van der Waals surface area contributed by atoms with E-state index in [9.17, 15) is 9.90 Å². The van der Waals surface area contributed by atoms with Gasteiger partial charge in [0.25, 0.3) is 5.91 Å². The van der Waals surface area contributed by atoms with E-state index in [1.165, 1.54) is 6.20 Å². The predicted octanol–water partition coefficient (Wildman–Crippen LogP) is 2.58. The quantitative estimate of drug-likeness (QED) is 0.724. The molecule has 3 rings (SSSR count). The third kappa shape index (κ3) is 3.97. The molecule has 130 valence electrons. The fraction of sp³-hybridized carbons (Fsp3) is 0.263. The number of imidazole rings is 1. The molecule has 2 aromatic heterocycles. The van der Waals surface area contributed by atoms with E-state index >= 15 is 0 Å². The average Bonchev–Trinajstić information content (AvgIpc) is 3.03. The van der Waals surface area contributed by atoms with Crippen LogP contribution in [0.4, 0.5) is 0 Å². The van der Waals surface area contributed by atoms with E-state index in [0.717, 1.165) is 0 Å². The van der Waals surface area contributed by atoms with Gasteiger partial charge < -0.3 is 15.2 Å². The average molecular weight is 339 g/mol. The minimum Gasteiger partial charge on any atom is -0.491 e. The normalized spacial score (nSPS) is 12.3. The van der Waals surface area contributed by atoms with Crippen LogP contribution in [-0.4, -0.2) is 33.0 Å². The van der Waals surface area contributed by atoms with Crippen molar-refractivity contribution in [2.45, 2.75) is 26.1 Å². The number of fused-ring (bicyclic) bond motifs is 1. The molecule has 2 heterocycles. The van der Waals surface area contributed by atoms with Gasteiger partial charge in [0.2, 0.25) is 0 Å². The largest absolute Gasteiger partial charge is 0.491 e. The molecule has 0 bridgehead atoms. The van der Waals surface area contributed by atoms with Crippen LogP contribution in [0.2, 0.25) is 0 Å². The van der Waals surface area contributed by atoms with Gasteiger partial charge in [-0.1, -0.05) is 18.2 Å². The van der Waals surface area contributed by atoms with Gasteiger partial charge in [-0.25, -0.2) is 4.98 Å². The zero-order valence-electron chi connectivity index (χ0n) is 14.2. The monoisotopic (exact) mass is 339 g/mol. The number of benzene rings is 1. The van der Waals surface area contributed by atoms with Gasteiger partial charge in [-0.2, -0.15) is 0 Å². The van der Waals surface area contributed by atoms with Gasteiger partial charge in [-0.15, -0.1) is 0 Å². The van der Waals surface area contributed by atoms with Gasteiger partial charge >= 0.3 is 0 Å². The number of hydrogen-bond acceptors (Lipinski definition) is 4. The first-order valence-electron chi connectivity index (χ1n) is 8.19. The van der Waals surface area contributed by atoms with Crippen LogP contribution >= 0.6 is 0 Å². The summed E-state index contributed by atoms with van der Waals surface area (Å²) in [6, 6.07) is 12.8. The van der Waals surface area contributed by atoms with Crippen molar-refractivity contribution in [2.24, 2.45) is 0 Å². The van der Waals surface area contributed by atoms with Crippen LogP contribution in [-0.2, 0) is 0 Å². The van der Waals surface area contributed by atoms with Crippen molar-refractivity contribution < 1.29 is 14.6 Å². The molecule has 0 aliphatic heterocycles. The van der Waals surface area contributed by atoms with Gasteiger partial charge in [0, 0.05) is 12.7 Å². The molecule has 1 unspecified atom stereocenters. The Kier molecular flexibility index (Phi) is 5.00. The highest BCUT2D eigenvalue weighted by Crippen LogP contribution is 2.20. The first-order chi connectivity index (χ1) is 12.0. The number of aliphatic hydroxyl groups excluding tert-OH is 1. The molecule has 0 saturated heterocycles. The van der Waals surface area contributed by atoms with E-state index in [4.69, 9.17) is 4.74 Å². The number of carbonyl (C=O) groups excluding carboxylic acids is 1. The highest BCUT2D eigenvalue weighted by atomic mass is 16.5. The molecule has 0 spiro atoms. The van der Waals surface area contributed by atoms with E-state index in [1.807, 2.05) is 44.2 Å². The zero-order chi connectivity index (χ0) is 17.8. The van der Waals surface area contributed by atoms with Crippen molar-refractivity contribution in [3.63, 3.8) is 0 Å². The van der Waals surface area contributed by atoms with Crippen molar-refractivity contribution in [1.29, 1.82) is 0 Å². The van der Waals surface area contributed by atoms with Crippen LogP contribution in [0.3, 0.4) is 0 Å². The summed E-state index contributed by atoms with van der Waals surface area (Å²) in [5.41, 5.74) is 1.82. The highest BCUT2D eigenvalue weighted by molar-refractivity contribution is 5.93. The Morgan fingerprint density at radius 2 is 2.12 bits per heavy atom. The van der Waals surface area contributed by atoms with Gasteiger partial charge in [0.05, 0.1) is 18.4 Å². The second-order valence-corrected chi connectivity index (χ2v) is 6.04. The summed E-state index contributed by atoms with van der Waals surface area (Å²) in [4.78, 5) is 16.5. The molecule has 2 N–H and O–H groups in total. The maximum Gasteiger partial charge on any atom is 0.270 e. The Bertz CT molecular complexity index is 873. The van der Waals surface area contributed by atoms with Crippen LogP contribution in [0.15, 0.2) is 54.9 Å². The van der Waals surface area contributed by atoms with Crippen LogP contribution in [0, 0.1) is 0 Å². The number of nitrogens with one attached hydrogen (secondary N) is 1. The molecule has 3 aromatic rings. The minimum atomic E-state index is -0.821.